The minimum absolute atomic E-state index is 0.919. The number of fused-ring (bicyclic) bond motifs is 4. The Morgan fingerprint density at radius 1 is 0.463 bits per heavy atom. The summed E-state index contributed by atoms with van der Waals surface area (Å²) in [5.74, 6) is 0. The van der Waals surface area contributed by atoms with Crippen LogP contribution < -0.4 is 0 Å². The highest BCUT2D eigenvalue weighted by atomic mass is 32.1. The largest absolute Gasteiger partial charge is 0.256 e. The molecule has 3 aromatic heterocycles. The van der Waals surface area contributed by atoms with E-state index in [0.717, 1.165) is 33.4 Å². The van der Waals surface area contributed by atoms with Crippen LogP contribution in [0.3, 0.4) is 0 Å². The molecule has 41 heavy (non-hydrogen) atoms. The molecule has 8 rings (SSSR count). The molecule has 3 heteroatoms. The van der Waals surface area contributed by atoms with Gasteiger partial charge >= 0.3 is 0 Å². The lowest BCUT2D eigenvalue weighted by Gasteiger charge is -2.12. The molecular weight excluding hydrogens is 516 g/mol. The Balaban J connectivity index is 1.24. The zero-order chi connectivity index (χ0) is 27.2. The van der Waals surface area contributed by atoms with Crippen molar-refractivity contribution in [3.63, 3.8) is 0 Å². The number of nitrogens with zero attached hydrogens (tertiary/aromatic N) is 2. The number of aromatic nitrogens is 2. The van der Waals surface area contributed by atoms with E-state index >= 15 is 0 Å². The quantitative estimate of drug-likeness (QED) is 0.222. The van der Waals surface area contributed by atoms with E-state index in [1.807, 2.05) is 29.7 Å². The SMILES string of the molecule is c1ccc(-c2cccc(-c3nc(-c4ccc(-c5cccc6sc7ccccc7c56)cc4)cc4ncccc34)c2)cc1. The van der Waals surface area contributed by atoms with Crippen molar-refractivity contribution in [3.05, 3.63) is 146 Å². The predicted molar refractivity (Wildman–Crippen MR) is 174 cm³/mol. The summed E-state index contributed by atoms with van der Waals surface area (Å²) in [6.45, 7) is 0. The molecule has 0 saturated carbocycles. The summed E-state index contributed by atoms with van der Waals surface area (Å²) in [4.78, 5) is 9.94. The van der Waals surface area contributed by atoms with E-state index < -0.39 is 0 Å². The van der Waals surface area contributed by atoms with E-state index in [-0.39, 0.29) is 0 Å². The van der Waals surface area contributed by atoms with Crippen LogP contribution in [0, 0.1) is 0 Å². The van der Waals surface area contributed by atoms with Gasteiger partial charge in [0.1, 0.15) is 0 Å². The number of pyridine rings is 2. The summed E-state index contributed by atoms with van der Waals surface area (Å²) in [6, 6.07) is 49.4. The first kappa shape index (κ1) is 23.7. The summed E-state index contributed by atoms with van der Waals surface area (Å²) in [6.07, 6.45) is 1.85. The van der Waals surface area contributed by atoms with E-state index in [4.69, 9.17) is 9.97 Å². The van der Waals surface area contributed by atoms with Crippen LogP contribution in [0.1, 0.15) is 0 Å². The molecule has 0 aliphatic heterocycles. The molecule has 0 spiro atoms. The molecule has 5 aromatic carbocycles. The smallest absolute Gasteiger partial charge is 0.0803 e. The van der Waals surface area contributed by atoms with Crippen molar-refractivity contribution in [3.8, 4) is 44.8 Å². The molecule has 0 saturated heterocycles. The Labute approximate surface area is 242 Å². The van der Waals surface area contributed by atoms with Crippen molar-refractivity contribution in [1.29, 1.82) is 0 Å². The molecule has 2 nitrogen and oxygen atoms in total. The zero-order valence-corrected chi connectivity index (χ0v) is 23.0. The molecule has 0 unspecified atom stereocenters. The van der Waals surface area contributed by atoms with Crippen LogP contribution in [0.4, 0.5) is 0 Å². The summed E-state index contributed by atoms with van der Waals surface area (Å²) < 4.78 is 2.64. The molecule has 8 aromatic rings. The number of hydrogen-bond donors (Lipinski definition) is 0. The first-order chi connectivity index (χ1) is 20.3. The van der Waals surface area contributed by atoms with Crippen LogP contribution in [0.2, 0.25) is 0 Å². The third kappa shape index (κ3) is 4.19. The maximum Gasteiger partial charge on any atom is 0.0803 e. The normalized spacial score (nSPS) is 11.4. The molecule has 0 radical (unpaired) electrons. The molecular formula is C38H24N2S. The highest BCUT2D eigenvalue weighted by Crippen LogP contribution is 2.40. The van der Waals surface area contributed by atoms with Gasteiger partial charge in [-0.15, -0.1) is 11.3 Å². The van der Waals surface area contributed by atoms with Crippen LogP contribution in [-0.4, -0.2) is 9.97 Å². The second kappa shape index (κ2) is 9.81. The molecule has 0 bridgehead atoms. The number of hydrogen-bond acceptors (Lipinski definition) is 3. The van der Waals surface area contributed by atoms with Crippen molar-refractivity contribution in [2.45, 2.75) is 0 Å². The summed E-state index contributed by atoms with van der Waals surface area (Å²) in [7, 11) is 0. The molecule has 0 amide bonds. The van der Waals surface area contributed by atoms with Gasteiger partial charge in [-0.1, -0.05) is 103 Å². The fourth-order valence-electron chi connectivity index (χ4n) is 5.76. The topological polar surface area (TPSA) is 25.8 Å². The van der Waals surface area contributed by atoms with Gasteiger partial charge in [0, 0.05) is 42.9 Å². The standard InChI is InChI=1S/C38H24N2S/c1-2-9-25(10-3-1)28-11-6-12-29(23-28)38-31-15-8-22-39-34(31)24-33(40-38)27-20-18-26(19-21-27)30-14-7-17-36-37(30)32-13-4-5-16-35(32)41-36/h1-24H. The number of benzene rings is 5. The molecule has 0 atom stereocenters. The van der Waals surface area contributed by atoms with Gasteiger partial charge in [-0.2, -0.15) is 0 Å². The molecule has 192 valence electrons. The van der Waals surface area contributed by atoms with Gasteiger partial charge < -0.3 is 0 Å². The summed E-state index contributed by atoms with van der Waals surface area (Å²) in [5.41, 5.74) is 9.79. The van der Waals surface area contributed by atoms with Gasteiger partial charge in [-0.3, -0.25) is 4.98 Å². The number of rotatable bonds is 4. The van der Waals surface area contributed by atoms with Crippen LogP contribution in [-0.2, 0) is 0 Å². The van der Waals surface area contributed by atoms with Gasteiger partial charge in [0.05, 0.1) is 16.9 Å². The second-order valence-corrected chi connectivity index (χ2v) is 11.3. The molecule has 0 aliphatic carbocycles. The Bertz CT molecular complexity index is 2200. The van der Waals surface area contributed by atoms with Crippen LogP contribution in [0.5, 0.6) is 0 Å². The maximum atomic E-state index is 5.22. The van der Waals surface area contributed by atoms with Crippen molar-refractivity contribution < 1.29 is 0 Å². The highest BCUT2D eigenvalue weighted by molar-refractivity contribution is 7.25. The molecule has 0 aliphatic rings. The zero-order valence-electron chi connectivity index (χ0n) is 22.2. The van der Waals surface area contributed by atoms with Gasteiger partial charge in [0.2, 0.25) is 0 Å². The third-order valence-electron chi connectivity index (χ3n) is 7.74. The van der Waals surface area contributed by atoms with E-state index in [9.17, 15) is 0 Å². The van der Waals surface area contributed by atoms with Gasteiger partial charge in [-0.25, -0.2) is 4.98 Å². The van der Waals surface area contributed by atoms with Crippen molar-refractivity contribution >= 4 is 42.4 Å². The lowest BCUT2D eigenvalue weighted by atomic mass is 9.97. The van der Waals surface area contributed by atoms with E-state index in [0.29, 0.717) is 0 Å². The van der Waals surface area contributed by atoms with E-state index in [1.54, 1.807) is 0 Å². The lowest BCUT2D eigenvalue weighted by Crippen LogP contribution is -1.93. The lowest BCUT2D eigenvalue weighted by molar-refractivity contribution is 1.32. The van der Waals surface area contributed by atoms with Gasteiger partial charge in [-0.05, 0) is 58.7 Å². The fraction of sp³-hybridized carbons (Fsp3) is 0. The minimum atomic E-state index is 0.919. The highest BCUT2D eigenvalue weighted by Gasteiger charge is 2.14. The Morgan fingerprint density at radius 2 is 1.17 bits per heavy atom. The van der Waals surface area contributed by atoms with Crippen molar-refractivity contribution in [2.75, 3.05) is 0 Å². The van der Waals surface area contributed by atoms with Crippen LogP contribution in [0.25, 0.3) is 75.8 Å². The van der Waals surface area contributed by atoms with Crippen molar-refractivity contribution in [2.24, 2.45) is 0 Å². The van der Waals surface area contributed by atoms with Crippen molar-refractivity contribution in [1.82, 2.24) is 9.97 Å². The van der Waals surface area contributed by atoms with Gasteiger partial charge in [0.25, 0.3) is 0 Å². The fourth-order valence-corrected chi connectivity index (χ4v) is 6.89. The summed E-state index contributed by atoms with van der Waals surface area (Å²) in [5, 5.41) is 3.69. The monoisotopic (exact) mass is 540 g/mol. The first-order valence-corrected chi connectivity index (χ1v) is 14.6. The average Bonchev–Trinajstić information content (AvgIpc) is 3.44. The Morgan fingerprint density at radius 3 is 2.07 bits per heavy atom. The van der Waals surface area contributed by atoms with Crippen LogP contribution >= 0.6 is 11.3 Å². The van der Waals surface area contributed by atoms with E-state index in [2.05, 4.69) is 127 Å². The minimum Gasteiger partial charge on any atom is -0.256 e. The third-order valence-corrected chi connectivity index (χ3v) is 8.87. The maximum absolute atomic E-state index is 5.22. The van der Waals surface area contributed by atoms with Gasteiger partial charge in [0.15, 0.2) is 0 Å². The molecule has 3 heterocycles. The van der Waals surface area contributed by atoms with E-state index in [1.165, 1.54) is 42.4 Å². The Kier molecular flexibility index (Phi) is 5.68. The first-order valence-electron chi connectivity index (χ1n) is 13.7. The average molecular weight is 541 g/mol. The summed E-state index contributed by atoms with van der Waals surface area (Å²) >= 11 is 1.85. The molecule has 0 N–H and O–H groups in total. The second-order valence-electron chi connectivity index (χ2n) is 10.2. The Hall–Kier alpha value is -5.12. The molecule has 0 fully saturated rings. The number of thiophene rings is 1. The predicted octanol–water partition coefficient (Wildman–Crippen LogP) is 10.7. The van der Waals surface area contributed by atoms with Crippen LogP contribution in [0.15, 0.2) is 146 Å².